The molecular formula is C12H18N4O2. The van der Waals surface area contributed by atoms with E-state index < -0.39 is 0 Å². The maximum absolute atomic E-state index is 11.1. The van der Waals surface area contributed by atoms with Gasteiger partial charge >= 0.3 is 5.69 Å². The van der Waals surface area contributed by atoms with Gasteiger partial charge in [-0.25, -0.2) is 4.98 Å². The quantitative estimate of drug-likeness (QED) is 0.648. The molecule has 18 heavy (non-hydrogen) atoms. The number of nitrogens with zero attached hydrogens (tertiary/aromatic N) is 3. The lowest BCUT2D eigenvalue weighted by atomic mass is 9.97. The first kappa shape index (κ1) is 12.8. The van der Waals surface area contributed by atoms with Gasteiger partial charge in [0, 0.05) is 24.8 Å². The summed E-state index contributed by atoms with van der Waals surface area (Å²) in [4.78, 5) is 17.0. The second kappa shape index (κ2) is 5.30. The second-order valence-corrected chi connectivity index (χ2v) is 4.72. The maximum atomic E-state index is 11.1. The van der Waals surface area contributed by atoms with Crippen molar-refractivity contribution < 1.29 is 4.92 Å². The van der Waals surface area contributed by atoms with Gasteiger partial charge in [0.15, 0.2) is 0 Å². The van der Waals surface area contributed by atoms with Crippen LogP contribution in [0.4, 0.5) is 11.5 Å². The molecule has 0 saturated carbocycles. The van der Waals surface area contributed by atoms with E-state index in [1.165, 1.54) is 0 Å². The van der Waals surface area contributed by atoms with Crippen LogP contribution < -0.4 is 10.6 Å². The van der Waals surface area contributed by atoms with Crippen LogP contribution in [0.2, 0.25) is 0 Å². The van der Waals surface area contributed by atoms with Gasteiger partial charge in [-0.3, -0.25) is 10.1 Å². The summed E-state index contributed by atoms with van der Waals surface area (Å²) in [7, 11) is 0. The minimum absolute atomic E-state index is 0.128. The molecule has 1 aromatic rings. The van der Waals surface area contributed by atoms with E-state index in [-0.39, 0.29) is 10.6 Å². The molecule has 0 aromatic carbocycles. The van der Waals surface area contributed by atoms with Crippen molar-refractivity contribution in [3.05, 3.63) is 27.9 Å². The Hall–Kier alpha value is -1.69. The summed E-state index contributed by atoms with van der Waals surface area (Å²) in [6.07, 6.45) is 3.58. The third kappa shape index (κ3) is 2.43. The Morgan fingerprint density at radius 2 is 2.22 bits per heavy atom. The highest BCUT2D eigenvalue weighted by molar-refractivity contribution is 5.61. The van der Waals surface area contributed by atoms with E-state index in [0.29, 0.717) is 23.8 Å². The van der Waals surface area contributed by atoms with E-state index in [1.807, 2.05) is 4.90 Å². The van der Waals surface area contributed by atoms with Gasteiger partial charge in [0.2, 0.25) is 5.82 Å². The van der Waals surface area contributed by atoms with Gasteiger partial charge in [-0.1, -0.05) is 0 Å². The van der Waals surface area contributed by atoms with Crippen LogP contribution in [-0.2, 0) is 0 Å². The van der Waals surface area contributed by atoms with Crippen LogP contribution in [0.25, 0.3) is 0 Å². The second-order valence-electron chi connectivity index (χ2n) is 4.72. The Kier molecular flexibility index (Phi) is 3.76. The molecule has 1 aliphatic rings. The smallest absolute Gasteiger partial charge is 0.314 e. The first-order chi connectivity index (χ1) is 8.63. The van der Waals surface area contributed by atoms with Crippen LogP contribution in [-0.4, -0.2) is 29.5 Å². The highest BCUT2D eigenvalue weighted by Crippen LogP contribution is 2.31. The van der Waals surface area contributed by atoms with Crippen LogP contribution in [0, 0.1) is 23.0 Å². The Labute approximate surface area is 106 Å². The van der Waals surface area contributed by atoms with E-state index in [4.69, 9.17) is 5.73 Å². The van der Waals surface area contributed by atoms with Gasteiger partial charge in [0.05, 0.1) is 4.92 Å². The molecule has 0 spiro atoms. The molecule has 0 radical (unpaired) electrons. The van der Waals surface area contributed by atoms with Crippen molar-refractivity contribution in [1.82, 2.24) is 4.98 Å². The fourth-order valence-electron chi connectivity index (χ4n) is 2.37. The molecule has 98 valence electrons. The average molecular weight is 250 g/mol. The maximum Gasteiger partial charge on any atom is 0.314 e. The van der Waals surface area contributed by atoms with Crippen molar-refractivity contribution in [2.45, 2.75) is 19.8 Å². The zero-order chi connectivity index (χ0) is 13.1. The van der Waals surface area contributed by atoms with E-state index in [2.05, 4.69) is 4.98 Å². The topological polar surface area (TPSA) is 85.3 Å². The van der Waals surface area contributed by atoms with Crippen LogP contribution in [0.15, 0.2) is 12.3 Å². The fourth-order valence-corrected chi connectivity index (χ4v) is 2.37. The molecule has 6 nitrogen and oxygen atoms in total. The summed E-state index contributed by atoms with van der Waals surface area (Å²) in [6, 6.07) is 1.67. The Morgan fingerprint density at radius 3 is 2.78 bits per heavy atom. The number of rotatable bonds is 3. The number of piperidine rings is 1. The Balaban J connectivity index is 2.24. The number of aromatic nitrogens is 1. The lowest BCUT2D eigenvalue weighted by Gasteiger charge is -2.31. The zero-order valence-electron chi connectivity index (χ0n) is 10.5. The van der Waals surface area contributed by atoms with E-state index in [9.17, 15) is 10.1 Å². The number of pyridine rings is 1. The van der Waals surface area contributed by atoms with Crippen LogP contribution >= 0.6 is 0 Å². The molecule has 2 heterocycles. The van der Waals surface area contributed by atoms with Crippen molar-refractivity contribution >= 4 is 11.5 Å². The number of aryl methyl sites for hydroxylation is 1. The normalized spacial score (nSPS) is 16.9. The van der Waals surface area contributed by atoms with Crippen molar-refractivity contribution in [2.75, 3.05) is 24.5 Å². The zero-order valence-corrected chi connectivity index (χ0v) is 10.5. The van der Waals surface area contributed by atoms with Crippen molar-refractivity contribution in [3.63, 3.8) is 0 Å². The van der Waals surface area contributed by atoms with Gasteiger partial charge in [0.25, 0.3) is 0 Å². The summed E-state index contributed by atoms with van der Waals surface area (Å²) in [6.45, 7) is 4.02. The predicted molar refractivity (Wildman–Crippen MR) is 69.6 cm³/mol. The van der Waals surface area contributed by atoms with Gasteiger partial charge in [-0.15, -0.1) is 0 Å². The Bertz CT molecular complexity index is 442. The van der Waals surface area contributed by atoms with E-state index in [0.717, 1.165) is 25.9 Å². The summed E-state index contributed by atoms with van der Waals surface area (Å²) in [5, 5.41) is 11.1. The number of hydrogen-bond acceptors (Lipinski definition) is 5. The SMILES string of the molecule is Cc1ccnc(N2CCC(CN)CC2)c1[N+](=O)[O-]. The molecule has 0 unspecified atom stereocenters. The van der Waals surface area contributed by atoms with Gasteiger partial charge in [-0.2, -0.15) is 0 Å². The summed E-state index contributed by atoms with van der Waals surface area (Å²) in [5.41, 5.74) is 6.43. The van der Waals surface area contributed by atoms with E-state index in [1.54, 1.807) is 19.2 Å². The third-order valence-electron chi connectivity index (χ3n) is 3.54. The van der Waals surface area contributed by atoms with Gasteiger partial charge in [-0.05, 0) is 38.3 Å². The first-order valence-electron chi connectivity index (χ1n) is 6.18. The number of hydrogen-bond donors (Lipinski definition) is 1. The number of nitro groups is 1. The summed E-state index contributed by atoms with van der Waals surface area (Å²) in [5.74, 6) is 1.03. The average Bonchev–Trinajstić information content (AvgIpc) is 2.38. The standard InChI is InChI=1S/C12H18N4O2/c1-9-2-5-14-12(11(9)16(17)18)15-6-3-10(8-13)4-7-15/h2,5,10H,3-4,6-8,13H2,1H3. The first-order valence-corrected chi connectivity index (χ1v) is 6.18. The minimum atomic E-state index is -0.341. The summed E-state index contributed by atoms with van der Waals surface area (Å²) >= 11 is 0. The highest BCUT2D eigenvalue weighted by atomic mass is 16.6. The van der Waals surface area contributed by atoms with Crippen molar-refractivity contribution in [3.8, 4) is 0 Å². The molecule has 1 fully saturated rings. The number of anilines is 1. The van der Waals surface area contributed by atoms with Gasteiger partial charge in [0.1, 0.15) is 0 Å². The largest absolute Gasteiger partial charge is 0.351 e. The van der Waals surface area contributed by atoms with Crippen LogP contribution in [0.1, 0.15) is 18.4 Å². The molecule has 0 aliphatic carbocycles. The van der Waals surface area contributed by atoms with E-state index >= 15 is 0 Å². The lowest BCUT2D eigenvalue weighted by Crippen LogP contribution is -2.36. The summed E-state index contributed by atoms with van der Waals surface area (Å²) < 4.78 is 0. The molecule has 1 aromatic heterocycles. The lowest BCUT2D eigenvalue weighted by molar-refractivity contribution is -0.384. The predicted octanol–water partition coefficient (Wildman–Crippen LogP) is 1.47. The molecule has 0 bridgehead atoms. The molecule has 2 N–H and O–H groups in total. The minimum Gasteiger partial charge on any atom is -0.351 e. The van der Waals surface area contributed by atoms with Crippen LogP contribution in [0.3, 0.4) is 0 Å². The molecule has 1 saturated heterocycles. The van der Waals surface area contributed by atoms with Gasteiger partial charge < -0.3 is 10.6 Å². The highest BCUT2D eigenvalue weighted by Gasteiger charge is 2.26. The molecule has 1 aliphatic heterocycles. The molecule has 0 amide bonds. The monoisotopic (exact) mass is 250 g/mol. The molecule has 0 atom stereocenters. The number of nitrogens with two attached hydrogens (primary N) is 1. The molecular weight excluding hydrogens is 232 g/mol. The Morgan fingerprint density at radius 1 is 1.56 bits per heavy atom. The van der Waals surface area contributed by atoms with Crippen molar-refractivity contribution in [2.24, 2.45) is 11.7 Å². The van der Waals surface area contributed by atoms with Crippen molar-refractivity contribution in [1.29, 1.82) is 0 Å². The third-order valence-corrected chi connectivity index (χ3v) is 3.54. The van der Waals surface area contributed by atoms with Crippen LogP contribution in [0.5, 0.6) is 0 Å². The molecule has 6 heteroatoms. The molecule has 2 rings (SSSR count). The fraction of sp³-hybridized carbons (Fsp3) is 0.583.